The van der Waals surface area contributed by atoms with Crippen molar-refractivity contribution >= 4 is 35.2 Å². The van der Waals surface area contributed by atoms with E-state index in [1.54, 1.807) is 4.90 Å². The lowest BCUT2D eigenvalue weighted by atomic mass is 10.2. The number of carbonyl (C=O) groups excluding carboxylic acids is 1. The first-order chi connectivity index (χ1) is 10.6. The number of para-hydroxylation sites is 1. The minimum absolute atomic E-state index is 0. The van der Waals surface area contributed by atoms with Crippen LogP contribution in [0.15, 0.2) is 24.3 Å². The van der Waals surface area contributed by atoms with Crippen molar-refractivity contribution in [2.75, 3.05) is 32.7 Å². The van der Waals surface area contributed by atoms with E-state index in [0.717, 1.165) is 10.9 Å². The molecule has 2 N–H and O–H groups in total. The molecule has 1 aromatic heterocycles. The first-order valence-electron chi connectivity index (χ1n) is 7.31. The summed E-state index contributed by atoms with van der Waals surface area (Å²) in [5, 5.41) is 16.6. The van der Waals surface area contributed by atoms with Crippen LogP contribution in [0.4, 0.5) is 0 Å². The molecule has 1 saturated heterocycles. The molecule has 23 heavy (non-hydrogen) atoms. The van der Waals surface area contributed by atoms with Crippen molar-refractivity contribution in [3.05, 3.63) is 30.0 Å². The number of nitrogens with one attached hydrogen (secondary N) is 1. The van der Waals surface area contributed by atoms with E-state index in [2.05, 4.69) is 15.1 Å². The second kappa shape index (κ2) is 7.43. The number of carboxylic acid groups (broad SMARTS) is 1. The van der Waals surface area contributed by atoms with Crippen LogP contribution in [0, 0.1) is 0 Å². The van der Waals surface area contributed by atoms with Gasteiger partial charge < -0.3 is 10.0 Å². The maximum Gasteiger partial charge on any atom is 0.304 e. The van der Waals surface area contributed by atoms with Gasteiger partial charge in [-0.15, -0.1) is 12.4 Å². The van der Waals surface area contributed by atoms with Gasteiger partial charge in [0.25, 0.3) is 5.91 Å². The van der Waals surface area contributed by atoms with E-state index in [1.165, 1.54) is 0 Å². The number of hydrogen-bond acceptors (Lipinski definition) is 4. The highest BCUT2D eigenvalue weighted by molar-refractivity contribution is 6.04. The van der Waals surface area contributed by atoms with E-state index in [-0.39, 0.29) is 24.7 Å². The third-order valence-electron chi connectivity index (χ3n) is 3.97. The monoisotopic (exact) mass is 338 g/mol. The Balaban J connectivity index is 0.00000192. The Bertz CT molecular complexity index is 695. The Morgan fingerprint density at radius 3 is 2.57 bits per heavy atom. The zero-order valence-electron chi connectivity index (χ0n) is 12.6. The Kier molecular flexibility index (Phi) is 5.57. The highest BCUT2D eigenvalue weighted by atomic mass is 35.5. The molecule has 7 nitrogen and oxygen atoms in total. The smallest absolute Gasteiger partial charge is 0.304 e. The average molecular weight is 339 g/mol. The fourth-order valence-electron chi connectivity index (χ4n) is 2.70. The number of aromatic amines is 1. The van der Waals surface area contributed by atoms with Crippen LogP contribution >= 0.6 is 12.4 Å². The van der Waals surface area contributed by atoms with Gasteiger partial charge in [0.2, 0.25) is 0 Å². The van der Waals surface area contributed by atoms with E-state index in [9.17, 15) is 9.59 Å². The third kappa shape index (κ3) is 3.80. The fourth-order valence-corrected chi connectivity index (χ4v) is 2.70. The molecule has 0 unspecified atom stereocenters. The predicted octanol–water partition coefficient (Wildman–Crippen LogP) is 1.22. The second-order valence-electron chi connectivity index (χ2n) is 5.40. The normalized spacial score (nSPS) is 15.4. The molecule has 8 heteroatoms. The Hall–Kier alpha value is -2.12. The summed E-state index contributed by atoms with van der Waals surface area (Å²) in [6.07, 6.45) is 0.137. The van der Waals surface area contributed by atoms with Crippen LogP contribution in [0.1, 0.15) is 16.9 Å². The molecule has 124 valence electrons. The second-order valence-corrected chi connectivity index (χ2v) is 5.40. The van der Waals surface area contributed by atoms with Crippen molar-refractivity contribution in [2.24, 2.45) is 0 Å². The van der Waals surface area contributed by atoms with Gasteiger partial charge in [0.05, 0.1) is 11.9 Å². The predicted molar refractivity (Wildman–Crippen MR) is 87.9 cm³/mol. The summed E-state index contributed by atoms with van der Waals surface area (Å²) >= 11 is 0. The van der Waals surface area contributed by atoms with Crippen LogP contribution in [0.2, 0.25) is 0 Å². The number of benzene rings is 1. The number of fused-ring (bicyclic) bond motifs is 1. The molecule has 2 aromatic rings. The average Bonchev–Trinajstić information content (AvgIpc) is 2.97. The number of carboxylic acids is 1. The Labute approximate surface area is 139 Å². The molecule has 1 aromatic carbocycles. The molecule has 1 aliphatic heterocycles. The maximum atomic E-state index is 12.6. The number of nitrogens with zero attached hydrogens (tertiary/aromatic N) is 3. The van der Waals surface area contributed by atoms with Gasteiger partial charge in [-0.05, 0) is 6.07 Å². The molecule has 0 radical (unpaired) electrons. The lowest BCUT2D eigenvalue weighted by Crippen LogP contribution is -2.49. The summed E-state index contributed by atoms with van der Waals surface area (Å²) in [5.74, 6) is -0.864. The van der Waals surface area contributed by atoms with E-state index < -0.39 is 5.97 Å². The molecule has 1 aliphatic rings. The summed E-state index contributed by atoms with van der Waals surface area (Å²) < 4.78 is 0. The number of rotatable bonds is 4. The summed E-state index contributed by atoms with van der Waals surface area (Å²) in [5.41, 5.74) is 1.31. The lowest BCUT2D eigenvalue weighted by Gasteiger charge is -2.34. The van der Waals surface area contributed by atoms with Gasteiger partial charge in [-0.2, -0.15) is 5.10 Å². The summed E-state index contributed by atoms with van der Waals surface area (Å²) in [6.45, 7) is 3.12. The SMILES string of the molecule is Cl.O=C(O)CCN1CCN(C(=O)c2n[nH]c3ccccc23)CC1. The first-order valence-corrected chi connectivity index (χ1v) is 7.31. The molecule has 1 fully saturated rings. The largest absolute Gasteiger partial charge is 0.481 e. The van der Waals surface area contributed by atoms with E-state index in [1.807, 2.05) is 24.3 Å². The molecule has 0 aliphatic carbocycles. The number of halogens is 1. The van der Waals surface area contributed by atoms with Crippen LogP contribution in [-0.2, 0) is 4.79 Å². The van der Waals surface area contributed by atoms with Crippen LogP contribution in [0.25, 0.3) is 10.9 Å². The van der Waals surface area contributed by atoms with E-state index in [4.69, 9.17) is 5.11 Å². The molecular weight excluding hydrogens is 320 g/mol. The first kappa shape index (κ1) is 17.2. The van der Waals surface area contributed by atoms with E-state index in [0.29, 0.717) is 38.4 Å². The van der Waals surface area contributed by atoms with Crippen molar-refractivity contribution in [1.82, 2.24) is 20.0 Å². The minimum Gasteiger partial charge on any atom is -0.481 e. The van der Waals surface area contributed by atoms with Gasteiger partial charge in [0, 0.05) is 38.1 Å². The minimum atomic E-state index is -0.790. The zero-order valence-corrected chi connectivity index (χ0v) is 13.4. The molecule has 0 spiro atoms. The van der Waals surface area contributed by atoms with Gasteiger partial charge in [-0.25, -0.2) is 0 Å². The van der Waals surface area contributed by atoms with Gasteiger partial charge >= 0.3 is 5.97 Å². The van der Waals surface area contributed by atoms with Crippen molar-refractivity contribution in [3.63, 3.8) is 0 Å². The van der Waals surface area contributed by atoms with Crippen molar-refractivity contribution in [2.45, 2.75) is 6.42 Å². The number of amides is 1. The molecule has 1 amide bonds. The fraction of sp³-hybridized carbons (Fsp3) is 0.400. The van der Waals surface area contributed by atoms with Crippen LogP contribution in [-0.4, -0.2) is 69.7 Å². The van der Waals surface area contributed by atoms with Crippen molar-refractivity contribution < 1.29 is 14.7 Å². The van der Waals surface area contributed by atoms with Gasteiger partial charge in [0.1, 0.15) is 0 Å². The summed E-state index contributed by atoms with van der Waals surface area (Å²) in [7, 11) is 0. The molecule has 3 rings (SSSR count). The number of aliphatic carboxylic acids is 1. The van der Waals surface area contributed by atoms with Gasteiger partial charge in [0.15, 0.2) is 5.69 Å². The highest BCUT2D eigenvalue weighted by Crippen LogP contribution is 2.17. The molecule has 2 heterocycles. The standard InChI is InChI=1S/C15H18N4O3.ClH/c20-13(21)5-6-18-7-9-19(10-8-18)15(22)14-11-3-1-2-4-12(11)16-17-14;/h1-4H,5-10H2,(H,16,17)(H,20,21);1H. The molecule has 0 saturated carbocycles. The number of aromatic nitrogens is 2. The number of piperazine rings is 1. The topological polar surface area (TPSA) is 89.5 Å². The van der Waals surface area contributed by atoms with E-state index >= 15 is 0 Å². The Morgan fingerprint density at radius 1 is 1.17 bits per heavy atom. The summed E-state index contributed by atoms with van der Waals surface area (Å²) in [4.78, 5) is 27.0. The number of carbonyl (C=O) groups is 2. The maximum absolute atomic E-state index is 12.6. The van der Waals surface area contributed by atoms with Crippen LogP contribution < -0.4 is 0 Å². The van der Waals surface area contributed by atoms with Gasteiger partial charge in [-0.1, -0.05) is 18.2 Å². The Morgan fingerprint density at radius 2 is 1.87 bits per heavy atom. The molecular formula is C15H19ClN4O3. The highest BCUT2D eigenvalue weighted by Gasteiger charge is 2.25. The number of hydrogen-bond donors (Lipinski definition) is 2. The number of H-pyrrole nitrogens is 1. The van der Waals surface area contributed by atoms with Crippen LogP contribution in [0.5, 0.6) is 0 Å². The van der Waals surface area contributed by atoms with Crippen molar-refractivity contribution in [3.8, 4) is 0 Å². The zero-order chi connectivity index (χ0) is 15.5. The third-order valence-corrected chi connectivity index (χ3v) is 3.97. The molecule has 0 atom stereocenters. The quantitative estimate of drug-likeness (QED) is 0.874. The van der Waals surface area contributed by atoms with Crippen molar-refractivity contribution in [1.29, 1.82) is 0 Å². The summed E-state index contributed by atoms with van der Waals surface area (Å²) in [6, 6.07) is 7.56. The van der Waals surface area contributed by atoms with Gasteiger partial charge in [-0.3, -0.25) is 19.6 Å². The molecule has 0 bridgehead atoms. The van der Waals surface area contributed by atoms with Crippen LogP contribution in [0.3, 0.4) is 0 Å². The lowest BCUT2D eigenvalue weighted by molar-refractivity contribution is -0.137.